The lowest BCUT2D eigenvalue weighted by molar-refractivity contribution is -0.125. The number of aliphatic hydroxyl groups excluding tert-OH is 1. The lowest BCUT2D eigenvalue weighted by Crippen LogP contribution is -2.42. The molecule has 35 heavy (non-hydrogen) atoms. The molecule has 4 rings (SSSR count). The van der Waals surface area contributed by atoms with Gasteiger partial charge in [-0.1, -0.05) is 62.4 Å². The van der Waals surface area contributed by atoms with E-state index in [1.807, 2.05) is 30.3 Å². The zero-order valence-electron chi connectivity index (χ0n) is 19.6. The molecule has 0 aliphatic heterocycles. The second-order valence-corrected chi connectivity index (χ2v) is 8.70. The van der Waals surface area contributed by atoms with Gasteiger partial charge in [0.1, 0.15) is 5.82 Å². The number of nitrogens with zero attached hydrogens (tertiary/aromatic N) is 1. The Balaban J connectivity index is 1.56. The van der Waals surface area contributed by atoms with Crippen molar-refractivity contribution in [2.75, 3.05) is 11.1 Å². The quantitative estimate of drug-likeness (QED) is 0.320. The molecule has 2 unspecified atom stereocenters. The molecule has 0 fully saturated rings. The van der Waals surface area contributed by atoms with Gasteiger partial charge in [-0.05, 0) is 52.8 Å². The molecular formula is C28H28N4O3. The van der Waals surface area contributed by atoms with E-state index in [-0.39, 0.29) is 5.91 Å². The second-order valence-electron chi connectivity index (χ2n) is 8.70. The van der Waals surface area contributed by atoms with E-state index < -0.39 is 18.1 Å². The van der Waals surface area contributed by atoms with Crippen molar-refractivity contribution in [3.8, 4) is 0 Å². The number of carbonyl (C=O) groups excluding carboxylic acids is 2. The van der Waals surface area contributed by atoms with E-state index in [0.717, 1.165) is 10.9 Å². The van der Waals surface area contributed by atoms with E-state index >= 15 is 0 Å². The van der Waals surface area contributed by atoms with Crippen LogP contribution in [0.25, 0.3) is 10.8 Å². The van der Waals surface area contributed by atoms with Gasteiger partial charge in [0.05, 0.1) is 6.04 Å². The van der Waals surface area contributed by atoms with Crippen LogP contribution in [0.1, 0.15) is 47.3 Å². The van der Waals surface area contributed by atoms with Gasteiger partial charge in [-0.25, -0.2) is 4.98 Å². The Bertz CT molecular complexity index is 1340. The first kappa shape index (κ1) is 23.9. The molecule has 3 aromatic carbocycles. The minimum Gasteiger partial charge on any atom is -0.383 e. The summed E-state index contributed by atoms with van der Waals surface area (Å²) in [5, 5.41) is 18.1. The van der Waals surface area contributed by atoms with Crippen molar-refractivity contribution < 1.29 is 14.7 Å². The number of fused-ring (bicyclic) bond motifs is 1. The maximum atomic E-state index is 13.0. The number of hydrogen-bond acceptors (Lipinski definition) is 5. The van der Waals surface area contributed by atoms with Crippen LogP contribution >= 0.6 is 0 Å². The molecule has 1 heterocycles. The van der Waals surface area contributed by atoms with Crippen molar-refractivity contribution in [2.24, 2.45) is 0 Å². The molecule has 0 saturated heterocycles. The van der Waals surface area contributed by atoms with E-state index in [0.29, 0.717) is 33.9 Å². The molecule has 2 amide bonds. The molecule has 0 radical (unpaired) electrons. The van der Waals surface area contributed by atoms with Gasteiger partial charge in [0.25, 0.3) is 11.8 Å². The average molecular weight is 469 g/mol. The molecule has 4 aromatic rings. The Hall–Kier alpha value is -4.23. The normalized spacial score (nSPS) is 12.8. The minimum atomic E-state index is -1.54. The number of pyridine rings is 1. The molecule has 2 atom stereocenters. The van der Waals surface area contributed by atoms with Gasteiger partial charge in [-0.2, -0.15) is 0 Å². The topological polar surface area (TPSA) is 117 Å². The summed E-state index contributed by atoms with van der Waals surface area (Å²) >= 11 is 0. The summed E-state index contributed by atoms with van der Waals surface area (Å²) in [7, 11) is 0. The number of nitrogens with one attached hydrogen (secondary N) is 2. The van der Waals surface area contributed by atoms with E-state index in [1.165, 1.54) is 0 Å². The molecule has 0 aliphatic carbocycles. The van der Waals surface area contributed by atoms with Crippen LogP contribution in [0.2, 0.25) is 0 Å². The summed E-state index contributed by atoms with van der Waals surface area (Å²) in [5.41, 5.74) is 8.58. The van der Waals surface area contributed by atoms with Crippen LogP contribution in [0.4, 0.5) is 11.5 Å². The molecule has 5 N–H and O–H groups in total. The van der Waals surface area contributed by atoms with Crippen LogP contribution < -0.4 is 16.4 Å². The van der Waals surface area contributed by atoms with Crippen LogP contribution in [-0.2, 0) is 4.79 Å². The fraction of sp³-hybridized carbons (Fsp3) is 0.179. The SMILES string of the molecule is CC(C)c1ccc(C(=O)NC(c2ccccc2)C(O)C(=O)Nc2ccc3ccnc(N)c3c2)cc1. The van der Waals surface area contributed by atoms with E-state index in [2.05, 4.69) is 29.5 Å². The largest absolute Gasteiger partial charge is 0.383 e. The first-order valence-corrected chi connectivity index (χ1v) is 11.4. The second kappa shape index (κ2) is 10.4. The number of benzene rings is 3. The summed E-state index contributed by atoms with van der Waals surface area (Å²) in [4.78, 5) is 30.1. The molecular weight excluding hydrogens is 440 g/mol. The van der Waals surface area contributed by atoms with Gasteiger partial charge < -0.3 is 21.5 Å². The molecule has 1 aromatic heterocycles. The summed E-state index contributed by atoms with van der Waals surface area (Å²) in [5.74, 6) is -0.352. The van der Waals surface area contributed by atoms with E-state index in [4.69, 9.17) is 5.73 Å². The van der Waals surface area contributed by atoms with Crippen molar-refractivity contribution in [1.82, 2.24) is 10.3 Å². The predicted molar refractivity (Wildman–Crippen MR) is 138 cm³/mol. The Morgan fingerprint density at radius 1 is 0.914 bits per heavy atom. The van der Waals surface area contributed by atoms with Gasteiger partial charge in [-0.3, -0.25) is 9.59 Å². The van der Waals surface area contributed by atoms with E-state index in [9.17, 15) is 14.7 Å². The van der Waals surface area contributed by atoms with Gasteiger partial charge >= 0.3 is 0 Å². The number of hydrogen-bond donors (Lipinski definition) is 4. The fourth-order valence-corrected chi connectivity index (χ4v) is 3.89. The van der Waals surface area contributed by atoms with Crippen molar-refractivity contribution in [3.63, 3.8) is 0 Å². The number of aliphatic hydroxyl groups is 1. The Labute approximate surface area is 204 Å². The summed E-state index contributed by atoms with van der Waals surface area (Å²) in [6.45, 7) is 4.16. The Morgan fingerprint density at radius 3 is 2.31 bits per heavy atom. The molecule has 7 nitrogen and oxygen atoms in total. The number of carbonyl (C=O) groups is 2. The Kier molecular flexibility index (Phi) is 7.08. The van der Waals surface area contributed by atoms with Gasteiger partial charge in [0.2, 0.25) is 0 Å². The highest BCUT2D eigenvalue weighted by Crippen LogP contribution is 2.24. The van der Waals surface area contributed by atoms with Gasteiger partial charge in [0, 0.05) is 22.8 Å². The van der Waals surface area contributed by atoms with Crippen molar-refractivity contribution in [1.29, 1.82) is 0 Å². The first-order chi connectivity index (χ1) is 16.8. The number of rotatable bonds is 7. The molecule has 178 valence electrons. The number of nitrogens with two attached hydrogens (primary N) is 1. The summed E-state index contributed by atoms with van der Waals surface area (Å²) < 4.78 is 0. The highest BCUT2D eigenvalue weighted by Gasteiger charge is 2.29. The number of anilines is 2. The third-order valence-corrected chi connectivity index (χ3v) is 5.93. The van der Waals surface area contributed by atoms with Crippen LogP contribution in [-0.4, -0.2) is 28.0 Å². The molecule has 0 bridgehead atoms. The summed E-state index contributed by atoms with van der Waals surface area (Å²) in [6, 6.07) is 22.3. The molecule has 0 spiro atoms. The summed E-state index contributed by atoms with van der Waals surface area (Å²) in [6.07, 6.45) is 0.0710. The highest BCUT2D eigenvalue weighted by molar-refractivity contribution is 6.00. The lowest BCUT2D eigenvalue weighted by Gasteiger charge is -2.24. The maximum absolute atomic E-state index is 13.0. The monoisotopic (exact) mass is 468 g/mol. The molecule has 0 aliphatic rings. The van der Waals surface area contributed by atoms with Crippen molar-refractivity contribution in [2.45, 2.75) is 31.9 Å². The number of amides is 2. The maximum Gasteiger partial charge on any atom is 0.255 e. The third kappa shape index (κ3) is 5.47. The average Bonchev–Trinajstić information content (AvgIpc) is 2.87. The van der Waals surface area contributed by atoms with Crippen LogP contribution in [0, 0.1) is 0 Å². The minimum absolute atomic E-state index is 0.343. The number of nitrogen functional groups attached to an aromatic ring is 1. The predicted octanol–water partition coefficient (Wildman–Crippen LogP) is 4.41. The zero-order valence-corrected chi connectivity index (χ0v) is 19.6. The van der Waals surface area contributed by atoms with Gasteiger partial charge in [-0.15, -0.1) is 0 Å². The third-order valence-electron chi connectivity index (χ3n) is 5.93. The number of aromatic nitrogens is 1. The molecule has 7 heteroatoms. The van der Waals surface area contributed by atoms with Crippen LogP contribution in [0.5, 0.6) is 0 Å². The van der Waals surface area contributed by atoms with Crippen LogP contribution in [0.3, 0.4) is 0 Å². The van der Waals surface area contributed by atoms with Gasteiger partial charge in [0.15, 0.2) is 6.10 Å². The van der Waals surface area contributed by atoms with Crippen molar-refractivity contribution in [3.05, 3.63) is 102 Å². The standard InChI is InChI=1S/C28H28N4O3/c1-17(2)18-8-10-21(11-9-18)27(34)32-24(20-6-4-3-5-7-20)25(33)28(35)31-22-13-12-19-14-15-30-26(29)23(19)16-22/h3-17,24-25,33H,1-2H3,(H2,29,30)(H,31,35)(H,32,34). The van der Waals surface area contributed by atoms with Crippen LogP contribution in [0.15, 0.2) is 85.1 Å². The lowest BCUT2D eigenvalue weighted by atomic mass is 9.99. The molecule has 0 saturated carbocycles. The zero-order chi connectivity index (χ0) is 24.9. The highest BCUT2D eigenvalue weighted by atomic mass is 16.3. The smallest absolute Gasteiger partial charge is 0.255 e. The van der Waals surface area contributed by atoms with E-state index in [1.54, 1.807) is 54.7 Å². The first-order valence-electron chi connectivity index (χ1n) is 11.4. The Morgan fingerprint density at radius 2 is 1.63 bits per heavy atom. The fourth-order valence-electron chi connectivity index (χ4n) is 3.89. The van der Waals surface area contributed by atoms with Crippen molar-refractivity contribution >= 4 is 34.1 Å².